The summed E-state index contributed by atoms with van der Waals surface area (Å²) in [7, 11) is 0. The first kappa shape index (κ1) is 21.5. The lowest BCUT2D eigenvalue weighted by atomic mass is 9.80. The van der Waals surface area contributed by atoms with Gasteiger partial charge in [-0.25, -0.2) is 0 Å². The summed E-state index contributed by atoms with van der Waals surface area (Å²) >= 11 is 1.63. The largest absolute Gasteiger partial charge is 0.348 e. The van der Waals surface area contributed by atoms with Crippen LogP contribution < -0.4 is 16.6 Å². The monoisotopic (exact) mass is 413 g/mol. The minimum absolute atomic E-state index is 0.134. The van der Waals surface area contributed by atoms with Crippen LogP contribution in [0.2, 0.25) is 0 Å². The smallest absolute Gasteiger partial charge is 0.253 e. The van der Waals surface area contributed by atoms with E-state index < -0.39 is 0 Å². The molecule has 2 aromatic heterocycles. The molecule has 2 heterocycles. The molecule has 1 amide bonds. The molecule has 1 aliphatic rings. The molecule has 1 fully saturated rings. The van der Waals surface area contributed by atoms with Crippen LogP contribution in [0.4, 0.5) is 0 Å². The van der Waals surface area contributed by atoms with E-state index in [1.54, 1.807) is 11.3 Å². The Morgan fingerprint density at radius 2 is 1.97 bits per heavy atom. The maximum atomic E-state index is 12.8. The fourth-order valence-electron chi connectivity index (χ4n) is 4.27. The number of allylic oxidation sites excluding steroid dienone is 2. The zero-order valence-corrected chi connectivity index (χ0v) is 18.5. The Hall–Kier alpha value is -2.18. The molecule has 29 heavy (non-hydrogen) atoms. The van der Waals surface area contributed by atoms with Crippen molar-refractivity contribution in [2.45, 2.75) is 66.0 Å². The Kier molecular flexibility index (Phi) is 6.75. The number of H-pyrrole nitrogens is 1. The molecule has 0 atom stereocenters. The molecule has 0 bridgehead atoms. The van der Waals surface area contributed by atoms with Gasteiger partial charge in [0, 0.05) is 34.1 Å². The van der Waals surface area contributed by atoms with E-state index in [0.717, 1.165) is 42.5 Å². The van der Waals surface area contributed by atoms with Crippen molar-refractivity contribution in [2.24, 2.45) is 11.7 Å². The van der Waals surface area contributed by atoms with Gasteiger partial charge in [0.15, 0.2) is 0 Å². The van der Waals surface area contributed by atoms with Gasteiger partial charge in [-0.1, -0.05) is 6.08 Å². The quantitative estimate of drug-likeness (QED) is 0.686. The highest BCUT2D eigenvalue weighted by Crippen LogP contribution is 2.39. The number of aromatic amines is 1. The molecule has 0 aliphatic heterocycles. The molecular weight excluding hydrogens is 382 g/mol. The van der Waals surface area contributed by atoms with Crippen LogP contribution in [0.5, 0.6) is 0 Å². The lowest BCUT2D eigenvalue weighted by molar-refractivity contribution is 0.0950. The molecule has 156 valence electrons. The normalized spacial score (nSPS) is 20.0. The molecule has 1 aliphatic carbocycles. The van der Waals surface area contributed by atoms with E-state index in [4.69, 9.17) is 5.73 Å². The number of nitrogens with one attached hydrogen (secondary N) is 2. The van der Waals surface area contributed by atoms with Crippen molar-refractivity contribution in [3.8, 4) is 0 Å². The number of thiophene rings is 1. The summed E-state index contributed by atoms with van der Waals surface area (Å²) in [6.45, 7) is 8.07. The fraction of sp³-hybridized carbons (Fsp3) is 0.478. The maximum Gasteiger partial charge on any atom is 0.253 e. The zero-order chi connectivity index (χ0) is 21.1. The predicted molar refractivity (Wildman–Crippen MR) is 120 cm³/mol. The second-order valence-electron chi connectivity index (χ2n) is 8.08. The number of hydrogen-bond donors (Lipinski definition) is 3. The number of nitrogens with two attached hydrogens (primary N) is 1. The third kappa shape index (κ3) is 4.70. The number of aromatic nitrogens is 1. The Morgan fingerprint density at radius 1 is 1.28 bits per heavy atom. The van der Waals surface area contributed by atoms with Crippen molar-refractivity contribution >= 4 is 22.8 Å². The second kappa shape index (κ2) is 9.09. The summed E-state index contributed by atoms with van der Waals surface area (Å²) in [5.74, 6) is 0.382. The van der Waals surface area contributed by atoms with Crippen molar-refractivity contribution in [3.63, 3.8) is 0 Å². The number of pyridine rings is 1. The van der Waals surface area contributed by atoms with E-state index >= 15 is 0 Å². The molecule has 2 aromatic rings. The minimum atomic E-state index is -0.141. The highest BCUT2D eigenvalue weighted by molar-refractivity contribution is 7.11. The SMILES string of the molecule is C/C=C(/c1scc(C(=O)NCc2c(C)cc(C)[nH]c2=O)c1C)C1CCC(N)CC1. The molecule has 0 radical (unpaired) electrons. The number of amides is 1. The van der Waals surface area contributed by atoms with Crippen molar-refractivity contribution < 1.29 is 4.79 Å². The molecule has 5 nitrogen and oxygen atoms in total. The molecule has 3 rings (SSSR count). The standard InChI is InChI=1S/C23H31N3O2S/c1-5-18(16-6-8-17(24)9-7-16)21-15(4)20(12-29-21)22(27)25-11-19-13(2)10-14(3)26-23(19)28/h5,10,12,16-17H,6-9,11,24H2,1-4H3,(H,25,27)(H,26,28)/b18-5+. The fourth-order valence-corrected chi connectivity index (χ4v) is 5.50. The number of aryl methyl sites for hydroxylation is 2. The van der Waals surface area contributed by atoms with Crippen molar-refractivity contribution in [3.05, 3.63) is 60.7 Å². The minimum Gasteiger partial charge on any atom is -0.348 e. The number of rotatable bonds is 5. The average molecular weight is 414 g/mol. The van der Waals surface area contributed by atoms with Crippen LogP contribution in [0.1, 0.15) is 70.2 Å². The Morgan fingerprint density at radius 3 is 2.59 bits per heavy atom. The van der Waals surface area contributed by atoms with E-state index in [1.807, 2.05) is 32.2 Å². The van der Waals surface area contributed by atoms with Gasteiger partial charge >= 0.3 is 0 Å². The van der Waals surface area contributed by atoms with E-state index in [2.05, 4.69) is 23.3 Å². The second-order valence-corrected chi connectivity index (χ2v) is 8.96. The Bertz CT molecular complexity index is 978. The Labute approximate surface area is 176 Å². The third-order valence-electron chi connectivity index (χ3n) is 5.99. The van der Waals surface area contributed by atoms with Crippen LogP contribution in [-0.4, -0.2) is 16.9 Å². The summed E-state index contributed by atoms with van der Waals surface area (Å²) in [5.41, 5.74) is 11.3. The van der Waals surface area contributed by atoms with Crippen LogP contribution in [-0.2, 0) is 6.54 Å². The molecule has 4 N–H and O–H groups in total. The first-order valence-corrected chi connectivity index (χ1v) is 11.2. The first-order chi connectivity index (χ1) is 13.8. The van der Waals surface area contributed by atoms with Gasteiger partial charge in [0.1, 0.15) is 0 Å². The van der Waals surface area contributed by atoms with Gasteiger partial charge in [-0.2, -0.15) is 0 Å². The average Bonchev–Trinajstić information content (AvgIpc) is 3.04. The summed E-state index contributed by atoms with van der Waals surface area (Å²) in [4.78, 5) is 29.0. The van der Waals surface area contributed by atoms with Gasteiger partial charge in [-0.3, -0.25) is 9.59 Å². The van der Waals surface area contributed by atoms with E-state index in [-0.39, 0.29) is 18.0 Å². The van der Waals surface area contributed by atoms with Crippen LogP contribution in [0.15, 0.2) is 22.3 Å². The lowest BCUT2D eigenvalue weighted by Crippen LogP contribution is -2.28. The van der Waals surface area contributed by atoms with Gasteiger partial charge in [-0.05, 0) is 82.1 Å². The molecule has 0 spiro atoms. The first-order valence-electron chi connectivity index (χ1n) is 10.3. The topological polar surface area (TPSA) is 88.0 Å². The van der Waals surface area contributed by atoms with Gasteiger partial charge < -0.3 is 16.0 Å². The van der Waals surface area contributed by atoms with E-state index in [0.29, 0.717) is 23.1 Å². The number of hydrogen-bond acceptors (Lipinski definition) is 4. The molecular formula is C23H31N3O2S. The highest BCUT2D eigenvalue weighted by Gasteiger charge is 2.25. The van der Waals surface area contributed by atoms with Crippen molar-refractivity contribution in [2.75, 3.05) is 0 Å². The summed E-state index contributed by atoms with van der Waals surface area (Å²) < 4.78 is 0. The van der Waals surface area contributed by atoms with Gasteiger partial charge in [0.05, 0.1) is 5.56 Å². The van der Waals surface area contributed by atoms with Crippen molar-refractivity contribution in [1.29, 1.82) is 0 Å². The van der Waals surface area contributed by atoms with Crippen LogP contribution in [0.3, 0.4) is 0 Å². The van der Waals surface area contributed by atoms with Crippen molar-refractivity contribution in [1.82, 2.24) is 10.3 Å². The number of carbonyl (C=O) groups excluding carboxylic acids is 1. The molecule has 6 heteroatoms. The predicted octanol–water partition coefficient (Wildman–Crippen LogP) is 4.21. The molecule has 0 saturated heterocycles. The molecule has 0 unspecified atom stereocenters. The van der Waals surface area contributed by atoms with E-state index in [9.17, 15) is 9.59 Å². The zero-order valence-electron chi connectivity index (χ0n) is 17.7. The molecule has 0 aromatic carbocycles. The summed E-state index contributed by atoms with van der Waals surface area (Å²) in [5, 5.41) is 4.86. The van der Waals surface area contributed by atoms with Crippen LogP contribution in [0.25, 0.3) is 5.57 Å². The van der Waals surface area contributed by atoms with E-state index in [1.165, 1.54) is 10.5 Å². The molecule has 1 saturated carbocycles. The maximum absolute atomic E-state index is 12.8. The highest BCUT2D eigenvalue weighted by atomic mass is 32.1. The number of carbonyl (C=O) groups is 1. The Balaban J connectivity index is 1.75. The van der Waals surface area contributed by atoms with Crippen LogP contribution >= 0.6 is 11.3 Å². The van der Waals surface area contributed by atoms with Gasteiger partial charge in [0.25, 0.3) is 11.5 Å². The summed E-state index contributed by atoms with van der Waals surface area (Å²) in [6.07, 6.45) is 6.52. The lowest BCUT2D eigenvalue weighted by Gasteiger charge is -2.28. The van der Waals surface area contributed by atoms with Gasteiger partial charge in [0.2, 0.25) is 0 Å². The van der Waals surface area contributed by atoms with Gasteiger partial charge in [-0.15, -0.1) is 11.3 Å². The van der Waals surface area contributed by atoms with Crippen LogP contribution in [0, 0.1) is 26.7 Å². The summed E-state index contributed by atoms with van der Waals surface area (Å²) in [6, 6.07) is 2.24. The third-order valence-corrected chi connectivity index (χ3v) is 7.12.